The number of aliphatic carboxylic acids is 2. The number of amides is 1. The van der Waals surface area contributed by atoms with E-state index in [0.717, 1.165) is 0 Å². The van der Waals surface area contributed by atoms with Crippen molar-refractivity contribution in [1.29, 1.82) is 0 Å². The number of hydroxylamine groups is 2. The van der Waals surface area contributed by atoms with E-state index < -0.39 is 23.8 Å². The highest BCUT2D eigenvalue weighted by molar-refractivity contribution is 5.75. The summed E-state index contributed by atoms with van der Waals surface area (Å²) in [5.74, 6) is -3.55. The number of carbonyl (C=O) groups excluding carboxylic acids is 1. The minimum absolute atomic E-state index is 0.0151. The number of carbonyl (C=O) groups is 3. The second-order valence-electron chi connectivity index (χ2n) is 3.63. The minimum atomic E-state index is -1.12. The van der Waals surface area contributed by atoms with Gasteiger partial charge in [-0.25, -0.2) is 5.06 Å². The zero-order chi connectivity index (χ0) is 13.4. The highest BCUT2D eigenvalue weighted by Gasteiger charge is 2.20. The number of rotatable bonds is 8. The molecule has 0 aliphatic rings. The number of carboxylic acids is 2. The van der Waals surface area contributed by atoms with Gasteiger partial charge in [0, 0.05) is 19.4 Å². The number of hydrogen-bond donors (Lipinski definition) is 3. The molecule has 0 aromatic heterocycles. The van der Waals surface area contributed by atoms with Crippen molar-refractivity contribution < 1.29 is 29.8 Å². The van der Waals surface area contributed by atoms with Gasteiger partial charge in [0.2, 0.25) is 5.91 Å². The van der Waals surface area contributed by atoms with Crippen LogP contribution in [0.4, 0.5) is 0 Å². The minimum Gasteiger partial charge on any atom is -0.481 e. The fraction of sp³-hybridized carbons (Fsp3) is 0.700. The molecule has 17 heavy (non-hydrogen) atoms. The van der Waals surface area contributed by atoms with Gasteiger partial charge in [0.25, 0.3) is 0 Å². The maximum absolute atomic E-state index is 11.0. The lowest BCUT2D eigenvalue weighted by Crippen LogP contribution is -2.30. The van der Waals surface area contributed by atoms with Crippen LogP contribution in [0.25, 0.3) is 0 Å². The molecule has 0 fully saturated rings. The Morgan fingerprint density at radius 3 is 2.18 bits per heavy atom. The van der Waals surface area contributed by atoms with Crippen molar-refractivity contribution in [2.75, 3.05) is 6.54 Å². The molecule has 1 atom stereocenters. The Morgan fingerprint density at radius 2 is 1.76 bits per heavy atom. The Balaban J connectivity index is 4.13. The Labute approximate surface area is 98.6 Å². The monoisotopic (exact) mass is 247 g/mol. The summed E-state index contributed by atoms with van der Waals surface area (Å²) >= 11 is 0. The van der Waals surface area contributed by atoms with Crippen molar-refractivity contribution in [1.82, 2.24) is 5.06 Å². The first-order chi connectivity index (χ1) is 7.88. The smallest absolute Gasteiger partial charge is 0.306 e. The van der Waals surface area contributed by atoms with Crippen LogP contribution in [-0.2, 0) is 14.4 Å². The third kappa shape index (κ3) is 6.52. The highest BCUT2D eigenvalue weighted by atomic mass is 16.5. The number of carboxylic acid groups (broad SMARTS) is 2. The van der Waals surface area contributed by atoms with Crippen molar-refractivity contribution in [3.8, 4) is 0 Å². The van der Waals surface area contributed by atoms with E-state index in [0.29, 0.717) is 5.06 Å². The van der Waals surface area contributed by atoms with Gasteiger partial charge in [-0.05, 0) is 12.8 Å². The summed E-state index contributed by atoms with van der Waals surface area (Å²) in [5, 5.41) is 26.9. The van der Waals surface area contributed by atoms with Crippen LogP contribution >= 0.6 is 0 Å². The van der Waals surface area contributed by atoms with E-state index >= 15 is 0 Å². The summed E-state index contributed by atoms with van der Waals surface area (Å²) in [6.07, 6.45) is -0.100. The zero-order valence-corrected chi connectivity index (χ0v) is 9.63. The Bertz CT molecular complexity index is 291. The molecule has 0 saturated heterocycles. The summed E-state index contributed by atoms with van der Waals surface area (Å²) in [4.78, 5) is 32.1. The number of nitrogens with zero attached hydrogens (tertiary/aromatic N) is 1. The van der Waals surface area contributed by atoms with Crippen molar-refractivity contribution in [3.63, 3.8) is 0 Å². The van der Waals surface area contributed by atoms with Gasteiger partial charge in [0.15, 0.2) is 0 Å². The van der Waals surface area contributed by atoms with E-state index in [9.17, 15) is 19.6 Å². The van der Waals surface area contributed by atoms with E-state index in [4.69, 9.17) is 10.2 Å². The topological polar surface area (TPSA) is 115 Å². The summed E-state index contributed by atoms with van der Waals surface area (Å²) in [5.41, 5.74) is 0. The maximum Gasteiger partial charge on any atom is 0.306 e. The predicted molar refractivity (Wildman–Crippen MR) is 56.4 cm³/mol. The Hall–Kier alpha value is -1.63. The van der Waals surface area contributed by atoms with E-state index in [1.807, 2.05) is 0 Å². The molecule has 3 N–H and O–H groups in total. The Morgan fingerprint density at radius 1 is 1.18 bits per heavy atom. The van der Waals surface area contributed by atoms with Crippen LogP contribution in [0.5, 0.6) is 0 Å². The molecule has 1 unspecified atom stereocenters. The second-order valence-corrected chi connectivity index (χ2v) is 3.63. The molecular formula is C10H17NO6. The molecule has 0 heterocycles. The molecule has 0 aliphatic carbocycles. The van der Waals surface area contributed by atoms with Gasteiger partial charge in [0.1, 0.15) is 0 Å². The first-order valence-electron chi connectivity index (χ1n) is 5.32. The summed E-state index contributed by atoms with van der Waals surface area (Å²) in [7, 11) is 0. The normalized spacial score (nSPS) is 11.9. The molecule has 0 bridgehead atoms. The lowest BCUT2D eigenvalue weighted by Gasteiger charge is -2.17. The van der Waals surface area contributed by atoms with Gasteiger partial charge < -0.3 is 10.2 Å². The quantitative estimate of drug-likeness (QED) is 0.426. The van der Waals surface area contributed by atoms with Crippen molar-refractivity contribution in [2.45, 2.75) is 32.6 Å². The zero-order valence-electron chi connectivity index (χ0n) is 9.63. The van der Waals surface area contributed by atoms with E-state index in [2.05, 4.69) is 0 Å². The molecule has 0 saturated carbocycles. The molecule has 0 rings (SSSR count). The van der Waals surface area contributed by atoms with Crippen molar-refractivity contribution in [2.24, 2.45) is 5.92 Å². The van der Waals surface area contributed by atoms with Crippen LogP contribution in [-0.4, -0.2) is 44.9 Å². The average molecular weight is 247 g/mol. The van der Waals surface area contributed by atoms with E-state index in [1.165, 1.54) is 0 Å². The molecular weight excluding hydrogens is 230 g/mol. The fourth-order valence-corrected chi connectivity index (χ4v) is 1.27. The number of hydrogen-bond acceptors (Lipinski definition) is 4. The van der Waals surface area contributed by atoms with Gasteiger partial charge in [-0.2, -0.15) is 0 Å². The van der Waals surface area contributed by atoms with Crippen molar-refractivity contribution >= 4 is 17.8 Å². The predicted octanol–water partition coefficient (Wildman–Crippen LogP) is 0.570. The van der Waals surface area contributed by atoms with Crippen LogP contribution in [0.15, 0.2) is 0 Å². The molecule has 7 heteroatoms. The van der Waals surface area contributed by atoms with Crippen molar-refractivity contribution in [3.05, 3.63) is 0 Å². The summed E-state index contributed by atoms with van der Waals surface area (Å²) in [6.45, 7) is 1.47. The average Bonchev–Trinajstić information content (AvgIpc) is 2.26. The largest absolute Gasteiger partial charge is 0.481 e. The first-order valence-corrected chi connectivity index (χ1v) is 5.32. The third-order valence-electron chi connectivity index (χ3n) is 2.34. The molecule has 0 radical (unpaired) electrons. The molecule has 1 amide bonds. The van der Waals surface area contributed by atoms with Crippen LogP contribution < -0.4 is 0 Å². The van der Waals surface area contributed by atoms with Gasteiger partial charge in [-0.3, -0.25) is 19.6 Å². The fourth-order valence-electron chi connectivity index (χ4n) is 1.27. The van der Waals surface area contributed by atoms with E-state index in [-0.39, 0.29) is 32.2 Å². The SMILES string of the molecule is CCC(=O)N(O)CCC(CCC(=O)O)C(=O)O. The van der Waals surface area contributed by atoms with Gasteiger partial charge >= 0.3 is 11.9 Å². The first kappa shape index (κ1) is 15.4. The standard InChI is InChI=1S/C10H17NO6/c1-2-8(12)11(17)6-5-7(10(15)16)3-4-9(13)14/h7,17H,2-6H2,1H3,(H,13,14)(H,15,16). The van der Waals surface area contributed by atoms with Crippen LogP contribution in [0.2, 0.25) is 0 Å². The highest BCUT2D eigenvalue weighted by Crippen LogP contribution is 2.12. The third-order valence-corrected chi connectivity index (χ3v) is 2.34. The lowest BCUT2D eigenvalue weighted by atomic mass is 9.99. The van der Waals surface area contributed by atoms with Gasteiger partial charge in [0.05, 0.1) is 5.92 Å². The van der Waals surface area contributed by atoms with Gasteiger partial charge in [-0.15, -0.1) is 0 Å². The lowest BCUT2D eigenvalue weighted by molar-refractivity contribution is -0.167. The molecule has 7 nitrogen and oxygen atoms in total. The Kier molecular flexibility index (Phi) is 6.88. The van der Waals surface area contributed by atoms with Crippen LogP contribution in [0.3, 0.4) is 0 Å². The maximum atomic E-state index is 11.0. The molecule has 0 spiro atoms. The van der Waals surface area contributed by atoms with Gasteiger partial charge in [-0.1, -0.05) is 6.92 Å². The summed E-state index contributed by atoms with van der Waals surface area (Å²) in [6, 6.07) is 0. The second kappa shape index (κ2) is 7.61. The molecule has 0 aliphatic heterocycles. The molecule has 0 aromatic carbocycles. The van der Waals surface area contributed by atoms with Crippen LogP contribution in [0.1, 0.15) is 32.6 Å². The van der Waals surface area contributed by atoms with E-state index in [1.54, 1.807) is 6.92 Å². The summed E-state index contributed by atoms with van der Waals surface area (Å²) < 4.78 is 0. The van der Waals surface area contributed by atoms with Crippen LogP contribution in [0, 0.1) is 5.92 Å². The molecule has 98 valence electrons. The molecule has 0 aromatic rings.